The summed E-state index contributed by atoms with van der Waals surface area (Å²) < 4.78 is 0. The number of aliphatic hydroxyl groups excluding tert-OH is 1. The molecule has 6 heteroatoms. The van der Waals surface area contributed by atoms with Gasteiger partial charge in [-0.1, -0.05) is 24.3 Å². The van der Waals surface area contributed by atoms with Crippen LogP contribution in [0.3, 0.4) is 0 Å². The van der Waals surface area contributed by atoms with Gasteiger partial charge < -0.3 is 14.9 Å². The molecule has 1 saturated carbocycles. The van der Waals surface area contributed by atoms with E-state index in [4.69, 9.17) is 0 Å². The zero-order valence-corrected chi connectivity index (χ0v) is 15.6. The number of para-hydroxylation sites is 1. The minimum atomic E-state index is -0.204. The molecule has 3 aliphatic rings. The molecule has 3 atom stereocenters. The van der Waals surface area contributed by atoms with Crippen LogP contribution in [0.2, 0.25) is 0 Å². The molecule has 2 aromatic rings. The van der Waals surface area contributed by atoms with Gasteiger partial charge in [0.05, 0.1) is 18.7 Å². The third-order valence-corrected chi connectivity index (χ3v) is 6.26. The first-order valence-electron chi connectivity index (χ1n) is 9.93. The molecule has 1 saturated heterocycles. The van der Waals surface area contributed by atoms with E-state index in [9.17, 15) is 14.7 Å². The molecule has 0 spiro atoms. The fourth-order valence-electron chi connectivity index (χ4n) is 4.73. The number of hydrogen-bond donors (Lipinski definition) is 1. The van der Waals surface area contributed by atoms with Crippen LogP contribution in [-0.4, -0.2) is 52.0 Å². The Bertz CT molecular complexity index is 912. The highest BCUT2D eigenvalue weighted by molar-refractivity contribution is 6.06. The second kappa shape index (κ2) is 6.71. The van der Waals surface area contributed by atoms with E-state index >= 15 is 0 Å². The fourth-order valence-corrected chi connectivity index (χ4v) is 4.73. The molecule has 2 amide bonds. The summed E-state index contributed by atoms with van der Waals surface area (Å²) in [5, 5.41) is 9.99. The van der Waals surface area contributed by atoms with Crippen molar-refractivity contribution in [2.45, 2.75) is 37.3 Å². The Labute approximate surface area is 163 Å². The SMILES string of the molecule is O=C(c1ccccn1)N1C[C@@H]2[C@H](c3ccccc31)[C@@H](CO)N2C(=O)CC1CC1. The Balaban J connectivity index is 1.49. The number of nitrogens with zero attached hydrogens (tertiary/aromatic N) is 3. The van der Waals surface area contributed by atoms with Crippen molar-refractivity contribution in [2.24, 2.45) is 5.92 Å². The summed E-state index contributed by atoms with van der Waals surface area (Å²) in [5.74, 6) is 0.506. The number of amides is 2. The number of aliphatic hydroxyl groups is 1. The largest absolute Gasteiger partial charge is 0.394 e. The van der Waals surface area contributed by atoms with Crippen LogP contribution in [0, 0.1) is 5.92 Å². The minimum absolute atomic E-state index is 0.0555. The van der Waals surface area contributed by atoms with Crippen molar-refractivity contribution in [3.63, 3.8) is 0 Å². The lowest BCUT2D eigenvalue weighted by atomic mass is 9.71. The van der Waals surface area contributed by atoms with Gasteiger partial charge in [0.1, 0.15) is 5.69 Å². The lowest BCUT2D eigenvalue weighted by Gasteiger charge is -2.59. The maximum Gasteiger partial charge on any atom is 0.276 e. The lowest BCUT2D eigenvalue weighted by molar-refractivity contribution is -0.150. The van der Waals surface area contributed by atoms with Crippen LogP contribution >= 0.6 is 0 Å². The summed E-state index contributed by atoms with van der Waals surface area (Å²) in [7, 11) is 0. The van der Waals surface area contributed by atoms with Gasteiger partial charge in [0.15, 0.2) is 0 Å². The van der Waals surface area contributed by atoms with Gasteiger partial charge in [-0.15, -0.1) is 0 Å². The van der Waals surface area contributed by atoms with Crippen molar-refractivity contribution in [3.8, 4) is 0 Å². The standard InChI is InChI=1S/C22H23N3O3/c26-13-19-21-15-5-1-2-7-17(15)24(22(28)16-6-3-4-10-23-16)12-18(21)25(19)20(27)11-14-8-9-14/h1-7,10,14,18-19,21,26H,8-9,11-13H2/t18-,19-,21+/m1/s1. The summed E-state index contributed by atoms with van der Waals surface area (Å²) in [4.78, 5) is 33.8. The third kappa shape index (κ3) is 2.71. The molecule has 28 heavy (non-hydrogen) atoms. The van der Waals surface area contributed by atoms with Crippen molar-refractivity contribution < 1.29 is 14.7 Å². The summed E-state index contributed by atoms with van der Waals surface area (Å²) >= 11 is 0. The second-order valence-electron chi connectivity index (χ2n) is 7.98. The molecule has 6 nitrogen and oxygen atoms in total. The highest BCUT2D eigenvalue weighted by Crippen LogP contribution is 2.49. The van der Waals surface area contributed by atoms with E-state index in [0.717, 1.165) is 24.1 Å². The van der Waals surface area contributed by atoms with E-state index in [1.807, 2.05) is 29.2 Å². The van der Waals surface area contributed by atoms with E-state index in [1.54, 1.807) is 29.3 Å². The molecule has 1 aliphatic carbocycles. The average Bonchev–Trinajstić information content (AvgIpc) is 3.52. The van der Waals surface area contributed by atoms with Gasteiger partial charge in [0, 0.05) is 30.8 Å². The second-order valence-corrected chi connectivity index (χ2v) is 7.98. The number of carbonyl (C=O) groups excluding carboxylic acids is 2. The van der Waals surface area contributed by atoms with Crippen LogP contribution in [0.25, 0.3) is 0 Å². The Morgan fingerprint density at radius 2 is 1.89 bits per heavy atom. The predicted octanol–water partition coefficient (Wildman–Crippen LogP) is 2.20. The van der Waals surface area contributed by atoms with E-state index in [1.165, 1.54) is 0 Å². The highest BCUT2D eigenvalue weighted by atomic mass is 16.3. The number of hydrogen-bond acceptors (Lipinski definition) is 4. The molecule has 144 valence electrons. The van der Waals surface area contributed by atoms with E-state index in [-0.39, 0.29) is 36.4 Å². The highest BCUT2D eigenvalue weighted by Gasteiger charge is 2.55. The molecule has 0 radical (unpaired) electrons. The number of carbonyl (C=O) groups is 2. The van der Waals surface area contributed by atoms with Crippen molar-refractivity contribution in [1.29, 1.82) is 0 Å². The predicted molar refractivity (Wildman–Crippen MR) is 104 cm³/mol. The zero-order chi connectivity index (χ0) is 19.3. The average molecular weight is 377 g/mol. The summed E-state index contributed by atoms with van der Waals surface area (Å²) in [5.41, 5.74) is 2.27. The molecular formula is C22H23N3O3. The Kier molecular flexibility index (Phi) is 4.16. The van der Waals surface area contributed by atoms with Crippen molar-refractivity contribution in [2.75, 3.05) is 18.1 Å². The van der Waals surface area contributed by atoms with Crippen molar-refractivity contribution in [1.82, 2.24) is 9.88 Å². The summed E-state index contributed by atoms with van der Waals surface area (Å²) in [6, 6.07) is 12.8. The van der Waals surface area contributed by atoms with Gasteiger partial charge >= 0.3 is 0 Å². The van der Waals surface area contributed by atoms with Gasteiger partial charge in [-0.2, -0.15) is 0 Å². The smallest absolute Gasteiger partial charge is 0.276 e. The molecular weight excluding hydrogens is 354 g/mol. The molecule has 2 aliphatic heterocycles. The number of fused-ring (bicyclic) bond motifs is 3. The fraction of sp³-hybridized carbons (Fsp3) is 0.409. The number of pyridine rings is 1. The maximum absolute atomic E-state index is 13.2. The molecule has 2 fully saturated rings. The van der Waals surface area contributed by atoms with Crippen LogP contribution in [0.1, 0.15) is 41.2 Å². The molecule has 1 aromatic heterocycles. The monoisotopic (exact) mass is 377 g/mol. The van der Waals surface area contributed by atoms with Gasteiger partial charge in [-0.3, -0.25) is 14.6 Å². The number of benzene rings is 1. The van der Waals surface area contributed by atoms with Gasteiger partial charge in [-0.25, -0.2) is 0 Å². The van der Waals surface area contributed by atoms with Crippen LogP contribution in [-0.2, 0) is 4.79 Å². The maximum atomic E-state index is 13.2. The Hall–Kier alpha value is -2.73. The van der Waals surface area contributed by atoms with E-state index in [2.05, 4.69) is 4.98 Å². The van der Waals surface area contributed by atoms with Gasteiger partial charge in [0.2, 0.25) is 5.91 Å². The molecule has 3 heterocycles. The lowest BCUT2D eigenvalue weighted by Crippen LogP contribution is -2.70. The quantitative estimate of drug-likeness (QED) is 0.887. The topological polar surface area (TPSA) is 73.7 Å². The first kappa shape index (κ1) is 17.4. The molecule has 0 bridgehead atoms. The minimum Gasteiger partial charge on any atom is -0.394 e. The van der Waals surface area contributed by atoms with Gasteiger partial charge in [0.25, 0.3) is 5.91 Å². The normalized spacial score (nSPS) is 25.5. The molecule has 0 unspecified atom stereocenters. The van der Waals surface area contributed by atoms with Crippen LogP contribution < -0.4 is 4.90 Å². The Morgan fingerprint density at radius 3 is 2.61 bits per heavy atom. The summed E-state index contributed by atoms with van der Waals surface area (Å²) in [6.07, 6.45) is 4.40. The molecule has 5 rings (SSSR count). The number of anilines is 1. The summed E-state index contributed by atoms with van der Waals surface area (Å²) in [6.45, 7) is 0.379. The van der Waals surface area contributed by atoms with Crippen molar-refractivity contribution >= 4 is 17.5 Å². The van der Waals surface area contributed by atoms with Gasteiger partial charge in [-0.05, 0) is 42.5 Å². The zero-order valence-electron chi connectivity index (χ0n) is 15.6. The van der Waals surface area contributed by atoms with Crippen molar-refractivity contribution in [3.05, 3.63) is 59.9 Å². The first-order valence-corrected chi connectivity index (χ1v) is 9.93. The molecule has 1 N–H and O–H groups in total. The van der Waals surface area contributed by atoms with E-state index < -0.39 is 0 Å². The third-order valence-electron chi connectivity index (χ3n) is 6.26. The van der Waals surface area contributed by atoms with Crippen LogP contribution in [0.4, 0.5) is 5.69 Å². The van der Waals surface area contributed by atoms with Crippen LogP contribution in [0.5, 0.6) is 0 Å². The van der Waals surface area contributed by atoms with Crippen LogP contribution in [0.15, 0.2) is 48.7 Å². The molecule has 1 aromatic carbocycles. The number of likely N-dealkylation sites (tertiary alicyclic amines) is 1. The van der Waals surface area contributed by atoms with E-state index in [0.29, 0.717) is 24.6 Å². The number of aromatic nitrogens is 1. The Morgan fingerprint density at radius 1 is 1.11 bits per heavy atom. The first-order chi connectivity index (χ1) is 13.7. The number of rotatable bonds is 4.